The third-order valence-electron chi connectivity index (χ3n) is 2.32. The standard InChI is InChI=1S/C10H10N2O5/c1-2-6-3-12(10(15)11-9(6)14)7-5-16-8(4-13)17-7/h1,3,7-8,13H,4-5H2,(H,11,14,15)/t7?,8-/m1/s1. The Kier molecular flexibility index (Phi) is 3.10. The molecule has 0 saturated carbocycles. The van der Waals surface area contributed by atoms with Crippen LogP contribution in [0.3, 0.4) is 0 Å². The van der Waals surface area contributed by atoms with Crippen molar-refractivity contribution in [3.63, 3.8) is 0 Å². The Balaban J connectivity index is 2.37. The van der Waals surface area contributed by atoms with Crippen molar-refractivity contribution in [2.24, 2.45) is 0 Å². The number of aliphatic hydroxyl groups is 1. The molecule has 2 rings (SSSR count). The second-order valence-corrected chi connectivity index (χ2v) is 3.39. The fourth-order valence-corrected chi connectivity index (χ4v) is 1.49. The third kappa shape index (κ3) is 2.14. The largest absolute Gasteiger partial charge is 0.391 e. The summed E-state index contributed by atoms with van der Waals surface area (Å²) in [6.45, 7) is -0.211. The third-order valence-corrected chi connectivity index (χ3v) is 2.32. The Morgan fingerprint density at radius 2 is 2.41 bits per heavy atom. The van der Waals surface area contributed by atoms with E-state index in [1.807, 2.05) is 0 Å². The van der Waals surface area contributed by atoms with Gasteiger partial charge in [-0.1, -0.05) is 5.92 Å². The van der Waals surface area contributed by atoms with Gasteiger partial charge in [0.1, 0.15) is 5.56 Å². The SMILES string of the molecule is C#Cc1cn(C2CO[C@@H](CO)O2)c(=O)[nH]c1=O. The van der Waals surface area contributed by atoms with Gasteiger partial charge in [0.05, 0.1) is 13.2 Å². The Bertz CT molecular complexity index is 567. The maximum atomic E-state index is 11.5. The zero-order chi connectivity index (χ0) is 12.4. The zero-order valence-electron chi connectivity index (χ0n) is 8.75. The molecular formula is C10H10N2O5. The van der Waals surface area contributed by atoms with E-state index in [-0.39, 0.29) is 18.8 Å². The zero-order valence-corrected chi connectivity index (χ0v) is 8.75. The predicted octanol–water partition coefficient (Wildman–Crippen LogP) is -1.62. The highest BCUT2D eigenvalue weighted by Gasteiger charge is 2.27. The van der Waals surface area contributed by atoms with Gasteiger partial charge in [0.15, 0.2) is 12.5 Å². The smallest absolute Gasteiger partial charge is 0.330 e. The minimum Gasteiger partial charge on any atom is -0.391 e. The molecule has 7 nitrogen and oxygen atoms in total. The summed E-state index contributed by atoms with van der Waals surface area (Å²) in [5, 5.41) is 8.82. The molecule has 1 aliphatic heterocycles. The van der Waals surface area contributed by atoms with E-state index < -0.39 is 23.8 Å². The summed E-state index contributed by atoms with van der Waals surface area (Å²) in [6.07, 6.45) is 4.88. The fourth-order valence-electron chi connectivity index (χ4n) is 1.49. The molecule has 90 valence electrons. The first-order chi connectivity index (χ1) is 8.15. The van der Waals surface area contributed by atoms with Gasteiger partial charge in [-0.15, -0.1) is 6.42 Å². The van der Waals surface area contributed by atoms with Crippen molar-refractivity contribution in [2.45, 2.75) is 12.5 Å². The number of nitrogens with one attached hydrogen (secondary N) is 1. The van der Waals surface area contributed by atoms with E-state index in [0.717, 1.165) is 4.57 Å². The van der Waals surface area contributed by atoms with Crippen LogP contribution in [0.1, 0.15) is 11.8 Å². The number of aromatic nitrogens is 2. The molecule has 0 spiro atoms. The monoisotopic (exact) mass is 238 g/mol. The number of hydrogen-bond donors (Lipinski definition) is 2. The van der Waals surface area contributed by atoms with Crippen LogP contribution in [-0.2, 0) is 9.47 Å². The van der Waals surface area contributed by atoms with Gasteiger partial charge >= 0.3 is 5.69 Å². The van der Waals surface area contributed by atoms with Gasteiger partial charge in [-0.3, -0.25) is 14.3 Å². The van der Waals surface area contributed by atoms with Gasteiger partial charge in [0, 0.05) is 6.20 Å². The molecule has 0 radical (unpaired) electrons. The molecule has 0 aromatic carbocycles. The average molecular weight is 238 g/mol. The normalized spacial score (nSPS) is 23.5. The van der Waals surface area contributed by atoms with Gasteiger partial charge in [-0.25, -0.2) is 4.79 Å². The first-order valence-corrected chi connectivity index (χ1v) is 4.85. The van der Waals surface area contributed by atoms with Gasteiger partial charge in [-0.05, 0) is 0 Å². The highest BCUT2D eigenvalue weighted by atomic mass is 16.7. The van der Waals surface area contributed by atoms with Crippen LogP contribution in [0.5, 0.6) is 0 Å². The summed E-state index contributed by atoms with van der Waals surface area (Å²) < 4.78 is 11.4. The molecule has 2 N–H and O–H groups in total. The summed E-state index contributed by atoms with van der Waals surface area (Å²) in [5.41, 5.74) is -1.23. The molecule has 0 bridgehead atoms. The fraction of sp³-hybridized carbons (Fsp3) is 0.400. The van der Waals surface area contributed by atoms with Gasteiger partial charge in [0.2, 0.25) is 0 Å². The van der Waals surface area contributed by atoms with E-state index >= 15 is 0 Å². The summed E-state index contributed by atoms with van der Waals surface area (Å²) in [6, 6.07) is 0. The number of rotatable bonds is 2. The Morgan fingerprint density at radius 3 is 3.00 bits per heavy atom. The number of aromatic amines is 1. The van der Waals surface area contributed by atoms with Crippen LogP contribution < -0.4 is 11.2 Å². The molecule has 2 heterocycles. The van der Waals surface area contributed by atoms with E-state index in [1.54, 1.807) is 0 Å². The second-order valence-electron chi connectivity index (χ2n) is 3.39. The molecule has 1 fully saturated rings. The first kappa shape index (κ1) is 11.6. The van der Waals surface area contributed by atoms with Crippen molar-refractivity contribution in [3.05, 3.63) is 32.6 Å². The molecule has 7 heteroatoms. The van der Waals surface area contributed by atoms with Crippen LogP contribution in [0.2, 0.25) is 0 Å². The molecular weight excluding hydrogens is 228 g/mol. The summed E-state index contributed by atoms with van der Waals surface area (Å²) in [4.78, 5) is 24.8. The highest BCUT2D eigenvalue weighted by Crippen LogP contribution is 2.18. The van der Waals surface area contributed by atoms with E-state index in [2.05, 4.69) is 10.9 Å². The number of terminal acetylenes is 1. The number of aliphatic hydroxyl groups excluding tert-OH is 1. The molecule has 0 amide bonds. The maximum Gasteiger partial charge on any atom is 0.330 e. The molecule has 1 aliphatic rings. The topological polar surface area (TPSA) is 93.6 Å². The lowest BCUT2D eigenvalue weighted by atomic mass is 10.3. The molecule has 1 aromatic rings. The maximum absolute atomic E-state index is 11.5. The molecule has 1 saturated heterocycles. The Labute approximate surface area is 95.6 Å². The Morgan fingerprint density at radius 1 is 1.65 bits per heavy atom. The van der Waals surface area contributed by atoms with E-state index in [9.17, 15) is 9.59 Å². The number of H-pyrrole nitrogens is 1. The van der Waals surface area contributed by atoms with Crippen molar-refractivity contribution in [1.82, 2.24) is 9.55 Å². The Hall–Kier alpha value is -1.88. The van der Waals surface area contributed by atoms with Crippen LogP contribution in [0, 0.1) is 12.3 Å². The van der Waals surface area contributed by atoms with Crippen LogP contribution in [-0.4, -0.2) is 34.2 Å². The number of ether oxygens (including phenoxy) is 2. The van der Waals surface area contributed by atoms with Gasteiger partial charge < -0.3 is 14.6 Å². The van der Waals surface area contributed by atoms with E-state index in [0.29, 0.717) is 0 Å². The number of hydrogen-bond acceptors (Lipinski definition) is 5. The lowest BCUT2D eigenvalue weighted by Gasteiger charge is -2.12. The lowest BCUT2D eigenvalue weighted by molar-refractivity contribution is -0.0993. The molecule has 17 heavy (non-hydrogen) atoms. The molecule has 1 aromatic heterocycles. The summed E-state index contributed by atoms with van der Waals surface area (Å²) >= 11 is 0. The molecule has 0 aliphatic carbocycles. The lowest BCUT2D eigenvalue weighted by Crippen LogP contribution is -2.34. The van der Waals surface area contributed by atoms with Crippen molar-refractivity contribution >= 4 is 0 Å². The van der Waals surface area contributed by atoms with Gasteiger partial charge in [-0.2, -0.15) is 0 Å². The van der Waals surface area contributed by atoms with Crippen molar-refractivity contribution in [2.75, 3.05) is 13.2 Å². The van der Waals surface area contributed by atoms with E-state index in [4.69, 9.17) is 21.0 Å². The quantitative estimate of drug-likeness (QED) is 0.604. The average Bonchev–Trinajstić information content (AvgIpc) is 2.78. The molecule has 1 unspecified atom stereocenters. The van der Waals surface area contributed by atoms with Crippen LogP contribution >= 0.6 is 0 Å². The second kappa shape index (κ2) is 4.55. The summed E-state index contributed by atoms with van der Waals surface area (Å²) in [7, 11) is 0. The number of nitrogens with zero attached hydrogens (tertiary/aromatic N) is 1. The van der Waals surface area contributed by atoms with Crippen LogP contribution in [0.15, 0.2) is 15.8 Å². The van der Waals surface area contributed by atoms with E-state index in [1.165, 1.54) is 6.20 Å². The predicted molar refractivity (Wildman–Crippen MR) is 56.2 cm³/mol. The van der Waals surface area contributed by atoms with Crippen molar-refractivity contribution in [3.8, 4) is 12.3 Å². The summed E-state index contributed by atoms with van der Waals surface area (Å²) in [5.74, 6) is 2.16. The van der Waals surface area contributed by atoms with Crippen LogP contribution in [0.25, 0.3) is 0 Å². The minimum absolute atomic E-state index is 0.0284. The first-order valence-electron chi connectivity index (χ1n) is 4.85. The molecule has 2 atom stereocenters. The van der Waals surface area contributed by atoms with Crippen molar-refractivity contribution in [1.29, 1.82) is 0 Å². The highest BCUT2D eigenvalue weighted by molar-refractivity contribution is 5.26. The van der Waals surface area contributed by atoms with Crippen molar-refractivity contribution < 1.29 is 14.6 Å². The van der Waals surface area contributed by atoms with Gasteiger partial charge in [0.25, 0.3) is 5.56 Å². The minimum atomic E-state index is -0.770. The van der Waals surface area contributed by atoms with Crippen LogP contribution in [0.4, 0.5) is 0 Å².